The van der Waals surface area contributed by atoms with Gasteiger partial charge in [-0.3, -0.25) is 0 Å². The Bertz CT molecular complexity index is 339. The number of aliphatic hydroxyl groups is 1. The van der Waals surface area contributed by atoms with Gasteiger partial charge in [0.15, 0.2) is 0 Å². The lowest BCUT2D eigenvalue weighted by atomic mass is 9.97. The smallest absolute Gasteiger partial charge is 0.123 e. The highest BCUT2D eigenvalue weighted by Gasteiger charge is 2.09. The highest BCUT2D eigenvalue weighted by molar-refractivity contribution is 5.16. The van der Waals surface area contributed by atoms with Crippen molar-refractivity contribution in [3.05, 3.63) is 35.6 Å². The standard InChI is InChI=1S/C15H23FO2/c1-12(2)11-18-7-6-14(10-17)8-13-4-3-5-15(16)9-13/h3-5,9,12,14,17H,6-8,10-11H2,1-2H3. The van der Waals surface area contributed by atoms with Crippen LogP contribution in [-0.4, -0.2) is 24.9 Å². The average molecular weight is 254 g/mol. The van der Waals surface area contributed by atoms with Crippen molar-refractivity contribution in [1.82, 2.24) is 0 Å². The van der Waals surface area contributed by atoms with E-state index in [-0.39, 0.29) is 18.3 Å². The number of ether oxygens (including phenoxy) is 1. The summed E-state index contributed by atoms with van der Waals surface area (Å²) in [6, 6.07) is 6.55. The van der Waals surface area contributed by atoms with Gasteiger partial charge in [0, 0.05) is 19.8 Å². The highest BCUT2D eigenvalue weighted by atomic mass is 19.1. The van der Waals surface area contributed by atoms with Crippen molar-refractivity contribution in [3.63, 3.8) is 0 Å². The van der Waals surface area contributed by atoms with Gasteiger partial charge < -0.3 is 9.84 Å². The Hall–Kier alpha value is -0.930. The van der Waals surface area contributed by atoms with Gasteiger partial charge in [-0.05, 0) is 42.4 Å². The third-order valence-electron chi connectivity index (χ3n) is 2.79. The molecule has 3 heteroatoms. The lowest BCUT2D eigenvalue weighted by molar-refractivity contribution is 0.0878. The van der Waals surface area contributed by atoms with Crippen LogP contribution in [0.1, 0.15) is 25.8 Å². The van der Waals surface area contributed by atoms with Crippen LogP contribution in [0, 0.1) is 17.7 Å². The molecule has 0 amide bonds. The number of hydrogen-bond acceptors (Lipinski definition) is 2. The van der Waals surface area contributed by atoms with Crippen LogP contribution in [0.15, 0.2) is 24.3 Å². The molecule has 1 aromatic rings. The lowest BCUT2D eigenvalue weighted by Gasteiger charge is -2.15. The maximum atomic E-state index is 13.0. The van der Waals surface area contributed by atoms with E-state index in [0.29, 0.717) is 18.9 Å². The molecule has 18 heavy (non-hydrogen) atoms. The molecule has 0 aromatic heterocycles. The molecular formula is C15H23FO2. The Balaban J connectivity index is 2.33. The van der Waals surface area contributed by atoms with Crippen LogP contribution in [0.2, 0.25) is 0 Å². The Morgan fingerprint density at radius 3 is 2.72 bits per heavy atom. The minimum Gasteiger partial charge on any atom is -0.396 e. The van der Waals surface area contributed by atoms with Gasteiger partial charge in [-0.1, -0.05) is 26.0 Å². The first-order valence-electron chi connectivity index (χ1n) is 6.55. The van der Waals surface area contributed by atoms with Crippen LogP contribution in [0.3, 0.4) is 0 Å². The second kappa shape index (κ2) is 8.22. The van der Waals surface area contributed by atoms with Gasteiger partial charge in [-0.2, -0.15) is 0 Å². The molecule has 1 atom stereocenters. The maximum absolute atomic E-state index is 13.0. The van der Waals surface area contributed by atoms with Gasteiger partial charge in [0.05, 0.1) is 0 Å². The van der Waals surface area contributed by atoms with Gasteiger partial charge in [-0.25, -0.2) is 4.39 Å². The number of benzene rings is 1. The summed E-state index contributed by atoms with van der Waals surface area (Å²) in [6.07, 6.45) is 1.50. The molecule has 0 spiro atoms. The second-order valence-electron chi connectivity index (χ2n) is 5.14. The maximum Gasteiger partial charge on any atom is 0.123 e. The van der Waals surface area contributed by atoms with E-state index in [9.17, 15) is 9.50 Å². The summed E-state index contributed by atoms with van der Waals surface area (Å²) in [5.41, 5.74) is 0.929. The number of halogens is 1. The topological polar surface area (TPSA) is 29.5 Å². The normalized spacial score (nSPS) is 12.9. The predicted octanol–water partition coefficient (Wildman–Crippen LogP) is 3.04. The van der Waals surface area contributed by atoms with Gasteiger partial charge >= 0.3 is 0 Å². The summed E-state index contributed by atoms with van der Waals surface area (Å²) >= 11 is 0. The lowest BCUT2D eigenvalue weighted by Crippen LogP contribution is -2.14. The first-order valence-corrected chi connectivity index (χ1v) is 6.55. The van der Waals surface area contributed by atoms with E-state index in [2.05, 4.69) is 13.8 Å². The Morgan fingerprint density at radius 1 is 1.33 bits per heavy atom. The molecule has 2 nitrogen and oxygen atoms in total. The van der Waals surface area contributed by atoms with E-state index in [1.807, 2.05) is 6.07 Å². The molecule has 0 saturated heterocycles. The molecule has 0 saturated carbocycles. The zero-order chi connectivity index (χ0) is 13.4. The van der Waals surface area contributed by atoms with E-state index in [4.69, 9.17) is 4.74 Å². The van der Waals surface area contributed by atoms with E-state index < -0.39 is 0 Å². The van der Waals surface area contributed by atoms with Crippen LogP contribution in [0.5, 0.6) is 0 Å². The summed E-state index contributed by atoms with van der Waals surface area (Å²) in [7, 11) is 0. The van der Waals surface area contributed by atoms with Crippen molar-refractivity contribution in [1.29, 1.82) is 0 Å². The molecule has 0 bridgehead atoms. The predicted molar refractivity (Wildman–Crippen MR) is 71.0 cm³/mol. The number of hydrogen-bond donors (Lipinski definition) is 1. The summed E-state index contributed by atoms with van der Waals surface area (Å²) in [6.45, 7) is 5.73. The van der Waals surface area contributed by atoms with Crippen molar-refractivity contribution in [3.8, 4) is 0 Å². The molecule has 0 fully saturated rings. The quantitative estimate of drug-likeness (QED) is 0.723. The molecule has 0 aliphatic carbocycles. The van der Waals surface area contributed by atoms with Gasteiger partial charge in [-0.15, -0.1) is 0 Å². The fraction of sp³-hybridized carbons (Fsp3) is 0.600. The summed E-state index contributed by atoms with van der Waals surface area (Å²) in [5.74, 6) is 0.444. The molecule has 1 aromatic carbocycles. The highest BCUT2D eigenvalue weighted by Crippen LogP contribution is 2.13. The molecule has 102 valence electrons. The fourth-order valence-corrected chi connectivity index (χ4v) is 1.82. The van der Waals surface area contributed by atoms with E-state index >= 15 is 0 Å². The Labute approximate surface area is 109 Å². The van der Waals surface area contributed by atoms with E-state index in [1.165, 1.54) is 12.1 Å². The van der Waals surface area contributed by atoms with Crippen LogP contribution in [0.25, 0.3) is 0 Å². The van der Waals surface area contributed by atoms with Crippen LogP contribution in [0.4, 0.5) is 4.39 Å². The van der Waals surface area contributed by atoms with E-state index in [0.717, 1.165) is 18.6 Å². The van der Waals surface area contributed by atoms with Gasteiger partial charge in [0.2, 0.25) is 0 Å². The minimum atomic E-state index is -0.222. The van der Waals surface area contributed by atoms with Crippen LogP contribution >= 0.6 is 0 Å². The molecule has 1 N–H and O–H groups in total. The minimum absolute atomic E-state index is 0.113. The average Bonchev–Trinajstić information content (AvgIpc) is 2.33. The van der Waals surface area contributed by atoms with Crippen molar-refractivity contribution >= 4 is 0 Å². The van der Waals surface area contributed by atoms with Crippen LogP contribution < -0.4 is 0 Å². The number of rotatable bonds is 8. The van der Waals surface area contributed by atoms with Gasteiger partial charge in [0.25, 0.3) is 0 Å². The monoisotopic (exact) mass is 254 g/mol. The van der Waals surface area contributed by atoms with Crippen molar-refractivity contribution in [2.75, 3.05) is 19.8 Å². The largest absolute Gasteiger partial charge is 0.396 e. The molecule has 1 rings (SSSR count). The summed E-state index contributed by atoms with van der Waals surface area (Å²) < 4.78 is 18.5. The number of aliphatic hydroxyl groups excluding tert-OH is 1. The SMILES string of the molecule is CC(C)COCCC(CO)Cc1cccc(F)c1. The molecule has 0 aliphatic heterocycles. The molecular weight excluding hydrogens is 231 g/mol. The van der Waals surface area contributed by atoms with E-state index in [1.54, 1.807) is 6.07 Å². The first-order chi connectivity index (χ1) is 8.61. The molecule has 1 unspecified atom stereocenters. The van der Waals surface area contributed by atoms with Crippen molar-refractivity contribution in [2.45, 2.75) is 26.7 Å². The second-order valence-corrected chi connectivity index (χ2v) is 5.14. The summed E-state index contributed by atoms with van der Waals surface area (Å²) in [5, 5.41) is 9.32. The first kappa shape index (κ1) is 15.1. The third-order valence-corrected chi connectivity index (χ3v) is 2.79. The van der Waals surface area contributed by atoms with Crippen molar-refractivity contribution in [2.24, 2.45) is 11.8 Å². The summed E-state index contributed by atoms with van der Waals surface area (Å²) in [4.78, 5) is 0. The van der Waals surface area contributed by atoms with Crippen molar-refractivity contribution < 1.29 is 14.2 Å². The molecule has 0 aliphatic rings. The third kappa shape index (κ3) is 6.12. The Morgan fingerprint density at radius 2 is 2.11 bits per heavy atom. The fourth-order valence-electron chi connectivity index (χ4n) is 1.82. The molecule has 0 radical (unpaired) electrons. The molecule has 0 heterocycles. The van der Waals surface area contributed by atoms with Crippen LogP contribution in [-0.2, 0) is 11.2 Å². The zero-order valence-corrected chi connectivity index (χ0v) is 11.2. The van der Waals surface area contributed by atoms with Gasteiger partial charge in [0.1, 0.15) is 5.82 Å². The zero-order valence-electron chi connectivity index (χ0n) is 11.2. The Kier molecular flexibility index (Phi) is 6.91.